The van der Waals surface area contributed by atoms with Crippen molar-refractivity contribution < 1.29 is 27.5 Å². The average Bonchev–Trinajstić information content (AvgIpc) is 3.13. The van der Waals surface area contributed by atoms with Crippen LogP contribution in [-0.2, 0) is 32.6 Å². The monoisotopic (exact) mass is 697 g/mol. The van der Waals surface area contributed by atoms with Crippen molar-refractivity contribution in [3.8, 4) is 11.5 Å². The minimum Gasteiger partial charge on any atom is -0.493 e. The Hall–Kier alpha value is -4.83. The number of amides is 2. The van der Waals surface area contributed by atoms with Crippen molar-refractivity contribution in [3.05, 3.63) is 119 Å². The van der Waals surface area contributed by atoms with Crippen molar-refractivity contribution in [1.29, 1.82) is 0 Å². The number of rotatable bonds is 14. The molecule has 10 heteroatoms. The molecule has 50 heavy (non-hydrogen) atoms. The second-order valence-electron chi connectivity index (χ2n) is 12.9. The van der Waals surface area contributed by atoms with E-state index in [0.717, 1.165) is 58.7 Å². The first kappa shape index (κ1) is 36.5. The molecule has 1 aliphatic rings. The van der Waals surface area contributed by atoms with Gasteiger partial charge in [0.1, 0.15) is 12.6 Å². The van der Waals surface area contributed by atoms with E-state index in [1.807, 2.05) is 68.4 Å². The van der Waals surface area contributed by atoms with Gasteiger partial charge in [0.2, 0.25) is 11.8 Å². The molecule has 1 fully saturated rings. The summed E-state index contributed by atoms with van der Waals surface area (Å²) in [6.07, 6.45) is 5.25. The van der Waals surface area contributed by atoms with Crippen LogP contribution in [0.2, 0.25) is 0 Å². The van der Waals surface area contributed by atoms with Gasteiger partial charge in [-0.2, -0.15) is 0 Å². The quantitative estimate of drug-likeness (QED) is 0.159. The van der Waals surface area contributed by atoms with E-state index in [2.05, 4.69) is 5.32 Å². The highest BCUT2D eigenvalue weighted by Gasteiger charge is 2.36. The lowest BCUT2D eigenvalue weighted by atomic mass is 9.94. The molecule has 0 radical (unpaired) electrons. The summed E-state index contributed by atoms with van der Waals surface area (Å²) in [5.41, 5.74) is 3.83. The maximum atomic E-state index is 14.9. The molecule has 1 N–H and O–H groups in total. The Morgan fingerprint density at radius 1 is 0.820 bits per heavy atom. The molecule has 1 aliphatic carbocycles. The molecule has 0 bridgehead atoms. The van der Waals surface area contributed by atoms with Gasteiger partial charge in [-0.25, -0.2) is 8.42 Å². The largest absolute Gasteiger partial charge is 0.493 e. The second-order valence-corrected chi connectivity index (χ2v) is 14.7. The van der Waals surface area contributed by atoms with Gasteiger partial charge in [0.05, 0.1) is 24.8 Å². The smallest absolute Gasteiger partial charge is 0.264 e. The fourth-order valence-corrected chi connectivity index (χ4v) is 7.82. The molecule has 264 valence electrons. The van der Waals surface area contributed by atoms with E-state index in [1.165, 1.54) is 26.4 Å². The lowest BCUT2D eigenvalue weighted by Gasteiger charge is -2.35. The zero-order chi connectivity index (χ0) is 35.7. The molecular weight excluding hydrogens is 651 g/mol. The first-order valence-electron chi connectivity index (χ1n) is 17.1. The fraction of sp³-hybridized carbons (Fsp3) is 0.350. The number of sulfonamides is 1. The van der Waals surface area contributed by atoms with E-state index in [9.17, 15) is 18.0 Å². The Balaban J connectivity index is 1.60. The highest BCUT2D eigenvalue weighted by Crippen LogP contribution is 2.34. The number of hydrogen-bond donors (Lipinski definition) is 1. The summed E-state index contributed by atoms with van der Waals surface area (Å²) >= 11 is 0. The van der Waals surface area contributed by atoms with E-state index in [0.29, 0.717) is 11.5 Å². The van der Waals surface area contributed by atoms with Crippen LogP contribution in [-0.4, -0.2) is 58.0 Å². The molecule has 0 aromatic heterocycles. The molecule has 0 spiro atoms. The van der Waals surface area contributed by atoms with Gasteiger partial charge < -0.3 is 19.7 Å². The standard InChI is InChI=1S/C40H47N3O6S/c1-29-19-22-35(23-20-29)50(46,47)43(34-21-24-37(48-3)38(26-34)49-4)28-39(44)42(27-32-16-12-11-13-30(32)2)36(25-31-14-7-5-8-15-31)40(45)41-33-17-9-6-10-18-33/h5,7-8,11-16,19-24,26,33,36H,6,9-10,17-18,25,27-28H2,1-4H3,(H,41,45)/t36-/m0/s1. The molecule has 0 unspecified atom stereocenters. The molecule has 0 heterocycles. The van der Waals surface area contributed by atoms with E-state index in [4.69, 9.17) is 9.47 Å². The SMILES string of the molecule is COc1ccc(N(CC(=O)N(Cc2ccccc2C)[C@@H](Cc2ccccc2)C(=O)NC2CCCCC2)S(=O)(=O)c2ccc(C)cc2)cc1OC. The molecule has 4 aromatic carbocycles. The lowest BCUT2D eigenvalue weighted by molar-refractivity contribution is -0.140. The first-order valence-corrected chi connectivity index (χ1v) is 18.5. The summed E-state index contributed by atoms with van der Waals surface area (Å²) < 4.78 is 40.9. The zero-order valence-electron chi connectivity index (χ0n) is 29.3. The molecule has 0 saturated heterocycles. The zero-order valence-corrected chi connectivity index (χ0v) is 30.1. The maximum absolute atomic E-state index is 14.9. The van der Waals surface area contributed by atoms with Gasteiger partial charge in [-0.15, -0.1) is 0 Å². The van der Waals surface area contributed by atoms with Gasteiger partial charge in [-0.05, 0) is 67.6 Å². The van der Waals surface area contributed by atoms with Crippen LogP contribution in [0.15, 0.2) is 102 Å². The van der Waals surface area contributed by atoms with Gasteiger partial charge in [0, 0.05) is 25.1 Å². The molecule has 1 atom stereocenters. The van der Waals surface area contributed by atoms with Gasteiger partial charge in [0.15, 0.2) is 11.5 Å². The Morgan fingerprint density at radius 2 is 1.48 bits per heavy atom. The van der Waals surface area contributed by atoms with Crippen LogP contribution in [0.4, 0.5) is 5.69 Å². The van der Waals surface area contributed by atoms with Crippen LogP contribution in [0.3, 0.4) is 0 Å². The third kappa shape index (κ3) is 8.84. The van der Waals surface area contributed by atoms with Crippen molar-refractivity contribution in [2.75, 3.05) is 25.1 Å². The molecule has 0 aliphatic heterocycles. The number of carbonyl (C=O) groups excluding carboxylic acids is 2. The minimum absolute atomic E-state index is 0.0233. The number of benzene rings is 4. The van der Waals surface area contributed by atoms with Crippen LogP contribution in [0, 0.1) is 13.8 Å². The van der Waals surface area contributed by atoms with Crippen molar-refractivity contribution in [1.82, 2.24) is 10.2 Å². The minimum atomic E-state index is -4.26. The van der Waals surface area contributed by atoms with Crippen molar-refractivity contribution >= 4 is 27.5 Å². The third-order valence-corrected chi connectivity index (χ3v) is 11.2. The highest BCUT2D eigenvalue weighted by atomic mass is 32.2. The number of carbonyl (C=O) groups is 2. The van der Waals surface area contributed by atoms with Crippen LogP contribution >= 0.6 is 0 Å². The van der Waals surface area contributed by atoms with E-state index >= 15 is 0 Å². The molecule has 2 amide bonds. The topological polar surface area (TPSA) is 105 Å². The first-order chi connectivity index (χ1) is 24.1. The Bertz CT molecular complexity index is 1860. The van der Waals surface area contributed by atoms with Gasteiger partial charge in [-0.1, -0.05) is 91.6 Å². The molecular formula is C40H47N3O6S. The number of nitrogens with one attached hydrogen (secondary N) is 1. The summed E-state index contributed by atoms with van der Waals surface area (Å²) in [6.45, 7) is 3.40. The average molecular weight is 698 g/mol. The molecule has 4 aromatic rings. The second kappa shape index (κ2) is 16.7. The van der Waals surface area contributed by atoms with Crippen LogP contribution < -0.4 is 19.1 Å². The normalized spacial score (nSPS) is 14.0. The van der Waals surface area contributed by atoms with Crippen LogP contribution in [0.1, 0.15) is 54.4 Å². The molecule has 5 rings (SSSR count). The Labute approximate surface area is 296 Å². The van der Waals surface area contributed by atoms with Crippen LogP contribution in [0.25, 0.3) is 0 Å². The number of aryl methyl sites for hydroxylation is 2. The van der Waals surface area contributed by atoms with E-state index < -0.39 is 28.5 Å². The Kier molecular flexibility index (Phi) is 12.2. The summed E-state index contributed by atoms with van der Waals surface area (Å²) in [6, 6.07) is 27.7. The van der Waals surface area contributed by atoms with Gasteiger partial charge >= 0.3 is 0 Å². The summed E-state index contributed by atoms with van der Waals surface area (Å²) in [4.78, 5) is 30.8. The summed E-state index contributed by atoms with van der Waals surface area (Å²) in [7, 11) is -1.30. The van der Waals surface area contributed by atoms with E-state index in [1.54, 1.807) is 35.2 Å². The number of hydrogen-bond acceptors (Lipinski definition) is 6. The number of anilines is 1. The van der Waals surface area contributed by atoms with Crippen LogP contribution in [0.5, 0.6) is 11.5 Å². The number of ether oxygens (including phenoxy) is 2. The number of methoxy groups -OCH3 is 2. The third-order valence-electron chi connectivity index (χ3n) is 9.37. The maximum Gasteiger partial charge on any atom is 0.264 e. The fourth-order valence-electron chi connectivity index (χ4n) is 6.42. The number of nitrogens with zero attached hydrogens (tertiary/aromatic N) is 2. The van der Waals surface area contributed by atoms with Crippen molar-refractivity contribution in [2.24, 2.45) is 0 Å². The highest BCUT2D eigenvalue weighted by molar-refractivity contribution is 7.92. The molecule has 1 saturated carbocycles. The van der Waals surface area contributed by atoms with Crippen molar-refractivity contribution in [2.45, 2.75) is 75.9 Å². The summed E-state index contributed by atoms with van der Waals surface area (Å²) in [5, 5.41) is 3.25. The van der Waals surface area contributed by atoms with E-state index in [-0.39, 0.29) is 35.5 Å². The lowest BCUT2D eigenvalue weighted by Crippen LogP contribution is -2.55. The Morgan fingerprint density at radius 3 is 2.14 bits per heavy atom. The van der Waals surface area contributed by atoms with Crippen molar-refractivity contribution in [3.63, 3.8) is 0 Å². The predicted molar refractivity (Wildman–Crippen MR) is 196 cm³/mol. The van der Waals surface area contributed by atoms with Gasteiger partial charge in [0.25, 0.3) is 10.0 Å². The summed E-state index contributed by atoms with van der Waals surface area (Å²) in [5.74, 6) is -0.0360. The predicted octanol–water partition coefficient (Wildman–Crippen LogP) is 6.60. The molecule has 9 nitrogen and oxygen atoms in total. The van der Waals surface area contributed by atoms with Gasteiger partial charge in [-0.3, -0.25) is 13.9 Å².